The molecule has 0 heterocycles. The highest BCUT2D eigenvalue weighted by Gasteiger charge is 2.23. The van der Waals surface area contributed by atoms with E-state index in [0.29, 0.717) is 0 Å². The Labute approximate surface area is 149 Å². The van der Waals surface area contributed by atoms with Crippen molar-refractivity contribution in [3.8, 4) is 0 Å². The number of hydrogen-bond acceptors (Lipinski definition) is 5. The number of hydrogen-bond donors (Lipinski definition) is 1. The third-order valence-electron chi connectivity index (χ3n) is 3.95. The molecular weight excluding hydrogens is 334 g/mol. The van der Waals surface area contributed by atoms with Gasteiger partial charge < -0.3 is 5.32 Å². The maximum Gasteiger partial charge on any atom is 0.299 e. The quantitative estimate of drug-likeness (QED) is 0.513. The molecule has 7 nitrogen and oxygen atoms in total. The standard InChI is InChI=1S/C19H15N3O4/c23-21(24)16-11-12-17(18(13-16)22(25)26)20-19(14-7-3-1-4-8-14)15-9-5-2-6-10-15/h1-13,19-20H. The predicted molar refractivity (Wildman–Crippen MR) is 98.1 cm³/mol. The number of nitro groups is 2. The molecule has 0 radical (unpaired) electrons. The number of nitrogens with zero attached hydrogens (tertiary/aromatic N) is 2. The first kappa shape index (κ1) is 17.1. The number of nitro benzene ring substituents is 2. The average molecular weight is 349 g/mol. The van der Waals surface area contributed by atoms with Crippen LogP contribution in [0.25, 0.3) is 0 Å². The van der Waals surface area contributed by atoms with E-state index in [1.54, 1.807) is 0 Å². The number of nitrogens with one attached hydrogen (secondary N) is 1. The summed E-state index contributed by atoms with van der Waals surface area (Å²) >= 11 is 0. The normalized spacial score (nSPS) is 10.5. The molecule has 0 fully saturated rings. The van der Waals surface area contributed by atoms with Crippen molar-refractivity contribution in [2.75, 3.05) is 5.32 Å². The van der Waals surface area contributed by atoms with Crippen molar-refractivity contribution >= 4 is 17.1 Å². The Hall–Kier alpha value is -3.74. The first-order valence-electron chi connectivity index (χ1n) is 7.85. The second-order valence-electron chi connectivity index (χ2n) is 5.61. The van der Waals surface area contributed by atoms with Gasteiger partial charge in [-0.3, -0.25) is 20.2 Å². The van der Waals surface area contributed by atoms with E-state index in [4.69, 9.17) is 0 Å². The molecule has 0 unspecified atom stereocenters. The fraction of sp³-hybridized carbons (Fsp3) is 0.0526. The third kappa shape index (κ3) is 3.67. The van der Waals surface area contributed by atoms with Gasteiger partial charge in [0.25, 0.3) is 11.4 Å². The molecule has 3 rings (SSSR count). The molecule has 0 saturated carbocycles. The smallest absolute Gasteiger partial charge is 0.299 e. The van der Waals surface area contributed by atoms with Gasteiger partial charge in [0.2, 0.25) is 0 Å². The molecule has 3 aromatic rings. The Balaban J connectivity index is 2.05. The van der Waals surface area contributed by atoms with Crippen molar-refractivity contribution in [3.05, 3.63) is 110 Å². The van der Waals surface area contributed by atoms with E-state index in [9.17, 15) is 20.2 Å². The van der Waals surface area contributed by atoms with E-state index < -0.39 is 9.85 Å². The molecule has 0 aliphatic carbocycles. The van der Waals surface area contributed by atoms with Crippen LogP contribution in [-0.2, 0) is 0 Å². The summed E-state index contributed by atoms with van der Waals surface area (Å²) in [5.41, 5.74) is 1.41. The van der Waals surface area contributed by atoms with E-state index in [1.165, 1.54) is 12.1 Å². The second kappa shape index (κ2) is 7.43. The first-order valence-corrected chi connectivity index (χ1v) is 7.85. The van der Waals surface area contributed by atoms with E-state index in [-0.39, 0.29) is 23.1 Å². The summed E-state index contributed by atoms with van der Waals surface area (Å²) in [7, 11) is 0. The molecule has 7 heteroatoms. The minimum Gasteiger partial charge on any atom is -0.369 e. The van der Waals surface area contributed by atoms with Gasteiger partial charge in [0.05, 0.1) is 22.0 Å². The van der Waals surface area contributed by atoms with Gasteiger partial charge >= 0.3 is 0 Å². The van der Waals surface area contributed by atoms with Crippen LogP contribution in [0.5, 0.6) is 0 Å². The number of non-ortho nitro benzene ring substituents is 1. The monoisotopic (exact) mass is 349 g/mol. The molecule has 0 atom stereocenters. The maximum atomic E-state index is 11.4. The molecular formula is C19H15N3O4. The molecule has 3 aromatic carbocycles. The lowest BCUT2D eigenvalue weighted by molar-refractivity contribution is -0.393. The summed E-state index contributed by atoms with van der Waals surface area (Å²) in [6.07, 6.45) is 0. The van der Waals surface area contributed by atoms with Gasteiger partial charge in [-0.15, -0.1) is 0 Å². The van der Waals surface area contributed by atoms with Crippen LogP contribution in [0.1, 0.15) is 17.2 Å². The molecule has 0 bridgehead atoms. The molecule has 0 aromatic heterocycles. The van der Waals surface area contributed by atoms with E-state index in [1.807, 2.05) is 60.7 Å². The van der Waals surface area contributed by atoms with E-state index >= 15 is 0 Å². The van der Waals surface area contributed by atoms with Crippen molar-refractivity contribution in [1.29, 1.82) is 0 Å². The highest BCUT2D eigenvalue weighted by molar-refractivity contribution is 5.66. The summed E-state index contributed by atoms with van der Waals surface area (Å²) in [6, 6.07) is 22.3. The highest BCUT2D eigenvalue weighted by Crippen LogP contribution is 2.34. The van der Waals surface area contributed by atoms with Gasteiger partial charge in [-0.05, 0) is 17.2 Å². The molecule has 1 N–H and O–H groups in total. The lowest BCUT2D eigenvalue weighted by atomic mass is 9.98. The molecule has 0 saturated heterocycles. The minimum atomic E-state index is -0.650. The fourth-order valence-electron chi connectivity index (χ4n) is 2.71. The van der Waals surface area contributed by atoms with Crippen molar-refractivity contribution in [1.82, 2.24) is 0 Å². The molecule has 0 aliphatic heterocycles. The maximum absolute atomic E-state index is 11.4. The van der Waals surface area contributed by atoms with Crippen LogP contribution in [0, 0.1) is 20.2 Å². The van der Waals surface area contributed by atoms with Crippen LogP contribution in [0.2, 0.25) is 0 Å². The van der Waals surface area contributed by atoms with Crippen molar-refractivity contribution < 1.29 is 9.85 Å². The average Bonchev–Trinajstić information content (AvgIpc) is 2.67. The molecule has 0 spiro atoms. The van der Waals surface area contributed by atoms with Crippen molar-refractivity contribution in [2.24, 2.45) is 0 Å². The predicted octanol–water partition coefficient (Wildman–Crippen LogP) is 4.70. The summed E-state index contributed by atoms with van der Waals surface area (Å²) < 4.78 is 0. The summed E-state index contributed by atoms with van der Waals surface area (Å²) in [5, 5.41) is 25.5. The van der Waals surface area contributed by atoms with Crippen molar-refractivity contribution in [3.63, 3.8) is 0 Å². The van der Waals surface area contributed by atoms with Gasteiger partial charge in [-0.1, -0.05) is 60.7 Å². The van der Waals surface area contributed by atoms with Gasteiger partial charge in [-0.25, -0.2) is 0 Å². The second-order valence-corrected chi connectivity index (χ2v) is 5.61. The molecule has 0 aliphatic rings. The Bertz CT molecular complexity index is 891. The summed E-state index contributed by atoms with van der Waals surface area (Å²) in [4.78, 5) is 21.0. The third-order valence-corrected chi connectivity index (χ3v) is 3.95. The van der Waals surface area contributed by atoms with Gasteiger partial charge in [0.15, 0.2) is 0 Å². The van der Waals surface area contributed by atoms with Crippen LogP contribution in [0.15, 0.2) is 78.9 Å². The lowest BCUT2D eigenvalue weighted by Crippen LogP contribution is -2.13. The Morgan fingerprint density at radius 1 is 0.731 bits per heavy atom. The highest BCUT2D eigenvalue weighted by atomic mass is 16.6. The molecule has 26 heavy (non-hydrogen) atoms. The SMILES string of the molecule is O=[N+]([O-])c1ccc(NC(c2ccccc2)c2ccccc2)c([N+](=O)[O-])c1. The van der Waals surface area contributed by atoms with Gasteiger partial charge in [0, 0.05) is 6.07 Å². The number of benzene rings is 3. The lowest BCUT2D eigenvalue weighted by Gasteiger charge is -2.21. The Morgan fingerprint density at radius 2 is 1.27 bits per heavy atom. The van der Waals surface area contributed by atoms with Crippen LogP contribution in [-0.4, -0.2) is 9.85 Å². The molecule has 130 valence electrons. The van der Waals surface area contributed by atoms with Crippen molar-refractivity contribution in [2.45, 2.75) is 6.04 Å². The van der Waals surface area contributed by atoms with Crippen LogP contribution in [0.3, 0.4) is 0 Å². The number of anilines is 1. The topological polar surface area (TPSA) is 98.3 Å². The number of rotatable bonds is 6. The zero-order valence-corrected chi connectivity index (χ0v) is 13.6. The van der Waals surface area contributed by atoms with Crippen LogP contribution < -0.4 is 5.32 Å². The molecule has 0 amide bonds. The summed E-state index contributed by atoms with van der Waals surface area (Å²) in [6.45, 7) is 0. The van der Waals surface area contributed by atoms with Gasteiger partial charge in [0.1, 0.15) is 5.69 Å². The zero-order valence-electron chi connectivity index (χ0n) is 13.6. The Morgan fingerprint density at radius 3 is 1.73 bits per heavy atom. The minimum absolute atomic E-state index is 0.221. The Kier molecular flexibility index (Phi) is 4.89. The first-order chi connectivity index (χ1) is 12.6. The van der Waals surface area contributed by atoms with Gasteiger partial charge in [-0.2, -0.15) is 0 Å². The van der Waals surface area contributed by atoms with Crippen LogP contribution >= 0.6 is 0 Å². The van der Waals surface area contributed by atoms with Crippen LogP contribution in [0.4, 0.5) is 17.1 Å². The van der Waals surface area contributed by atoms with E-state index in [2.05, 4.69) is 5.32 Å². The zero-order chi connectivity index (χ0) is 18.5. The van der Waals surface area contributed by atoms with E-state index in [0.717, 1.165) is 17.2 Å². The fourth-order valence-corrected chi connectivity index (χ4v) is 2.71. The largest absolute Gasteiger partial charge is 0.369 e. The summed E-state index contributed by atoms with van der Waals surface area (Å²) in [5.74, 6) is 0.